The number of benzene rings is 2. The number of hydrogen-bond donors (Lipinski definition) is 1. The highest BCUT2D eigenvalue weighted by molar-refractivity contribution is 6.30. The summed E-state index contributed by atoms with van der Waals surface area (Å²) in [5.41, 5.74) is 2.67. The van der Waals surface area contributed by atoms with Crippen LogP contribution in [0.4, 0.5) is 0 Å². The Bertz CT molecular complexity index is 973. The summed E-state index contributed by atoms with van der Waals surface area (Å²) in [7, 11) is 0. The van der Waals surface area contributed by atoms with E-state index >= 15 is 0 Å². The molecule has 2 aromatic carbocycles. The van der Waals surface area contributed by atoms with Gasteiger partial charge in [-0.05, 0) is 43.7 Å². The minimum atomic E-state index is -0.117. The Morgan fingerprint density at radius 3 is 2.31 bits per heavy atom. The summed E-state index contributed by atoms with van der Waals surface area (Å²) in [5.74, 6) is -0.0901. The summed E-state index contributed by atoms with van der Waals surface area (Å²) in [6.45, 7) is 4.83. The van der Waals surface area contributed by atoms with Gasteiger partial charge in [-0.25, -0.2) is 4.79 Å². The number of rotatable bonds is 6. The molecule has 0 bridgehead atoms. The van der Waals surface area contributed by atoms with Crippen molar-refractivity contribution in [3.63, 3.8) is 0 Å². The van der Waals surface area contributed by atoms with Crippen molar-refractivity contribution in [3.05, 3.63) is 69.6 Å². The van der Waals surface area contributed by atoms with Gasteiger partial charge in [0.15, 0.2) is 0 Å². The summed E-state index contributed by atoms with van der Waals surface area (Å²) in [4.78, 5) is 24.9. The zero-order valence-electron chi connectivity index (χ0n) is 14.9. The number of nitrogens with zero attached hydrogens (tertiary/aromatic N) is 2. The van der Waals surface area contributed by atoms with Crippen LogP contribution in [-0.4, -0.2) is 15.0 Å². The highest BCUT2D eigenvalue weighted by atomic mass is 35.5. The number of imidazole rings is 1. The van der Waals surface area contributed by atoms with Gasteiger partial charge in [0.2, 0.25) is 5.91 Å². The van der Waals surface area contributed by atoms with E-state index in [9.17, 15) is 9.59 Å². The zero-order valence-corrected chi connectivity index (χ0v) is 15.7. The van der Waals surface area contributed by atoms with E-state index in [-0.39, 0.29) is 24.1 Å². The van der Waals surface area contributed by atoms with E-state index in [1.165, 1.54) is 0 Å². The highest BCUT2D eigenvalue weighted by Gasteiger charge is 2.14. The Balaban J connectivity index is 1.70. The minimum absolute atomic E-state index is 0.0766. The van der Waals surface area contributed by atoms with Crippen LogP contribution in [0.15, 0.2) is 53.3 Å². The third-order valence-electron chi connectivity index (χ3n) is 4.55. The smallest absolute Gasteiger partial charge is 0.329 e. The molecule has 0 aliphatic heterocycles. The number of halogens is 1. The number of carbonyl (C=O) groups is 1. The summed E-state index contributed by atoms with van der Waals surface area (Å²) in [6.07, 6.45) is 0.246. The molecular formula is C20H22ClN3O2. The largest absolute Gasteiger partial charge is 0.350 e. The first-order valence-electron chi connectivity index (χ1n) is 8.74. The second-order valence-electron chi connectivity index (χ2n) is 6.26. The first-order chi connectivity index (χ1) is 12.5. The Morgan fingerprint density at radius 1 is 1.08 bits per heavy atom. The van der Waals surface area contributed by atoms with Gasteiger partial charge in [-0.3, -0.25) is 13.9 Å². The molecule has 1 unspecified atom stereocenters. The fourth-order valence-corrected chi connectivity index (χ4v) is 3.28. The summed E-state index contributed by atoms with van der Waals surface area (Å²) in [6, 6.07) is 14.9. The molecule has 26 heavy (non-hydrogen) atoms. The third-order valence-corrected chi connectivity index (χ3v) is 4.80. The van der Waals surface area contributed by atoms with E-state index in [4.69, 9.17) is 11.6 Å². The van der Waals surface area contributed by atoms with Crippen LogP contribution in [0.25, 0.3) is 11.0 Å². The van der Waals surface area contributed by atoms with Crippen LogP contribution < -0.4 is 11.0 Å². The van der Waals surface area contributed by atoms with Crippen LogP contribution in [0.2, 0.25) is 5.02 Å². The summed E-state index contributed by atoms with van der Waals surface area (Å²) in [5, 5.41) is 3.64. The quantitative estimate of drug-likeness (QED) is 0.717. The highest BCUT2D eigenvalue weighted by Crippen LogP contribution is 2.16. The lowest BCUT2D eigenvalue weighted by Gasteiger charge is -2.14. The van der Waals surface area contributed by atoms with E-state index in [2.05, 4.69) is 5.32 Å². The molecule has 0 spiro atoms. The van der Waals surface area contributed by atoms with Crippen molar-refractivity contribution in [2.75, 3.05) is 0 Å². The van der Waals surface area contributed by atoms with Gasteiger partial charge < -0.3 is 5.32 Å². The molecule has 5 nitrogen and oxygen atoms in total. The normalized spacial score (nSPS) is 12.3. The van der Waals surface area contributed by atoms with Crippen LogP contribution in [0.3, 0.4) is 0 Å². The molecule has 1 heterocycles. The van der Waals surface area contributed by atoms with Crippen LogP contribution >= 0.6 is 11.6 Å². The SMILES string of the molecule is CCn1c(=O)n(CCC(=O)NC(C)c2ccc(Cl)cc2)c2ccccc21. The van der Waals surface area contributed by atoms with E-state index in [1.807, 2.05) is 50.2 Å². The van der Waals surface area contributed by atoms with Crippen LogP contribution in [0.1, 0.15) is 31.9 Å². The fourth-order valence-electron chi connectivity index (χ4n) is 3.16. The van der Waals surface area contributed by atoms with Crippen molar-refractivity contribution in [1.82, 2.24) is 14.5 Å². The number of aromatic nitrogens is 2. The van der Waals surface area contributed by atoms with Crippen molar-refractivity contribution in [2.24, 2.45) is 0 Å². The summed E-state index contributed by atoms with van der Waals surface area (Å²) < 4.78 is 3.40. The molecule has 0 fully saturated rings. The molecule has 0 aliphatic carbocycles. The maximum atomic E-state index is 12.6. The van der Waals surface area contributed by atoms with Crippen molar-refractivity contribution in [2.45, 2.75) is 39.4 Å². The van der Waals surface area contributed by atoms with E-state index in [1.54, 1.807) is 21.3 Å². The second kappa shape index (κ2) is 7.79. The first kappa shape index (κ1) is 18.3. The average molecular weight is 372 g/mol. The number of amides is 1. The van der Waals surface area contributed by atoms with Gasteiger partial charge in [-0.1, -0.05) is 35.9 Å². The van der Waals surface area contributed by atoms with Crippen LogP contribution in [0.5, 0.6) is 0 Å². The predicted octanol–water partition coefficient (Wildman–Crippen LogP) is 3.74. The van der Waals surface area contributed by atoms with E-state index < -0.39 is 0 Å². The molecule has 136 valence electrons. The molecular weight excluding hydrogens is 350 g/mol. The maximum absolute atomic E-state index is 12.6. The molecule has 3 aromatic rings. The fraction of sp³-hybridized carbons (Fsp3) is 0.300. The molecule has 1 N–H and O–H groups in total. The molecule has 0 radical (unpaired) electrons. The van der Waals surface area contributed by atoms with Crippen LogP contribution in [-0.2, 0) is 17.9 Å². The number of para-hydroxylation sites is 2. The van der Waals surface area contributed by atoms with Gasteiger partial charge in [-0.2, -0.15) is 0 Å². The molecule has 1 atom stereocenters. The van der Waals surface area contributed by atoms with Gasteiger partial charge in [0.05, 0.1) is 17.1 Å². The number of fused-ring (bicyclic) bond motifs is 1. The monoisotopic (exact) mass is 371 g/mol. The molecule has 3 rings (SSSR count). The Morgan fingerprint density at radius 2 is 1.69 bits per heavy atom. The third kappa shape index (κ3) is 3.68. The predicted molar refractivity (Wildman–Crippen MR) is 104 cm³/mol. The molecule has 1 aromatic heterocycles. The average Bonchev–Trinajstić information content (AvgIpc) is 2.91. The minimum Gasteiger partial charge on any atom is -0.350 e. The molecule has 0 aliphatic rings. The van der Waals surface area contributed by atoms with Crippen molar-refractivity contribution >= 4 is 28.5 Å². The van der Waals surface area contributed by atoms with Crippen molar-refractivity contribution in [3.8, 4) is 0 Å². The maximum Gasteiger partial charge on any atom is 0.329 e. The Labute approximate surface area is 157 Å². The van der Waals surface area contributed by atoms with Crippen LogP contribution in [0, 0.1) is 0 Å². The van der Waals surface area contributed by atoms with Crippen molar-refractivity contribution in [1.29, 1.82) is 0 Å². The first-order valence-corrected chi connectivity index (χ1v) is 9.12. The second-order valence-corrected chi connectivity index (χ2v) is 6.69. The van der Waals surface area contributed by atoms with Gasteiger partial charge in [-0.15, -0.1) is 0 Å². The summed E-state index contributed by atoms with van der Waals surface area (Å²) >= 11 is 5.89. The lowest BCUT2D eigenvalue weighted by molar-refractivity contribution is -0.121. The molecule has 0 saturated heterocycles. The van der Waals surface area contributed by atoms with Crippen molar-refractivity contribution < 1.29 is 4.79 Å². The standard InChI is InChI=1S/C20H22ClN3O2/c1-3-23-17-6-4-5-7-18(17)24(20(23)26)13-12-19(25)22-14(2)15-8-10-16(21)11-9-15/h4-11,14H,3,12-13H2,1-2H3,(H,22,25). The number of aryl methyl sites for hydroxylation is 2. The number of hydrogen-bond acceptors (Lipinski definition) is 2. The van der Waals surface area contributed by atoms with E-state index in [0.29, 0.717) is 18.1 Å². The number of nitrogens with one attached hydrogen (secondary N) is 1. The topological polar surface area (TPSA) is 56.0 Å². The Hall–Kier alpha value is -2.53. The Kier molecular flexibility index (Phi) is 5.47. The number of carbonyl (C=O) groups excluding carboxylic acids is 1. The lowest BCUT2D eigenvalue weighted by atomic mass is 10.1. The van der Waals surface area contributed by atoms with Gasteiger partial charge >= 0.3 is 5.69 Å². The van der Waals surface area contributed by atoms with Gasteiger partial charge in [0.1, 0.15) is 0 Å². The lowest BCUT2D eigenvalue weighted by Crippen LogP contribution is -2.30. The molecule has 0 saturated carbocycles. The molecule has 1 amide bonds. The van der Waals surface area contributed by atoms with Gasteiger partial charge in [0.25, 0.3) is 0 Å². The zero-order chi connectivity index (χ0) is 18.7. The molecule has 6 heteroatoms. The van der Waals surface area contributed by atoms with Gasteiger partial charge in [0, 0.05) is 24.5 Å². The van der Waals surface area contributed by atoms with E-state index in [0.717, 1.165) is 16.6 Å².